The number of thiophene rings is 1. The Morgan fingerprint density at radius 3 is 2.76 bits per heavy atom. The van der Waals surface area contributed by atoms with Gasteiger partial charge in [-0.25, -0.2) is 9.78 Å². The Labute approximate surface area is 133 Å². The summed E-state index contributed by atoms with van der Waals surface area (Å²) in [6, 6.07) is 2.05. The first kappa shape index (κ1) is 16.0. The number of carbonyl (C=O) groups excluding carboxylic acids is 1. The van der Waals surface area contributed by atoms with Crippen LogP contribution in [0.3, 0.4) is 0 Å². The second-order valence-electron chi connectivity index (χ2n) is 5.14. The maximum Gasteiger partial charge on any atom is 0.315 e. The Bertz CT molecular complexity index is 565. The van der Waals surface area contributed by atoms with Crippen LogP contribution < -0.4 is 10.6 Å². The Morgan fingerprint density at radius 1 is 1.38 bits per heavy atom. The molecular weight excluding hydrogens is 302 g/mol. The molecule has 2 rings (SSSR count). The van der Waals surface area contributed by atoms with E-state index in [0.29, 0.717) is 0 Å². The van der Waals surface area contributed by atoms with Crippen molar-refractivity contribution in [3.63, 3.8) is 0 Å². The van der Waals surface area contributed by atoms with Gasteiger partial charge in [0.15, 0.2) is 0 Å². The minimum absolute atomic E-state index is 0.0166. The molecule has 21 heavy (non-hydrogen) atoms. The number of urea groups is 1. The number of nitrogens with zero attached hydrogens (tertiary/aromatic N) is 1. The van der Waals surface area contributed by atoms with Gasteiger partial charge in [0.2, 0.25) is 0 Å². The minimum atomic E-state index is -0.127. The molecule has 0 aliphatic rings. The molecule has 0 radical (unpaired) electrons. The number of aromatic nitrogens is 1. The molecule has 0 spiro atoms. The third-order valence-electron chi connectivity index (χ3n) is 3.15. The molecule has 0 aliphatic carbocycles. The van der Waals surface area contributed by atoms with Gasteiger partial charge in [-0.3, -0.25) is 0 Å². The normalized spacial score (nSPS) is 13.7. The highest BCUT2D eigenvalue weighted by atomic mass is 32.1. The summed E-state index contributed by atoms with van der Waals surface area (Å²) in [7, 11) is 0. The number of aryl methyl sites for hydroxylation is 1. The van der Waals surface area contributed by atoms with E-state index in [1.54, 1.807) is 22.7 Å². The zero-order valence-electron chi connectivity index (χ0n) is 12.6. The first-order chi connectivity index (χ1) is 10.1. The highest BCUT2D eigenvalue weighted by Gasteiger charge is 2.17. The fourth-order valence-corrected chi connectivity index (χ4v) is 3.72. The Balaban J connectivity index is 1.85. The number of thiazole rings is 1. The topological polar surface area (TPSA) is 54.0 Å². The molecule has 0 fully saturated rings. The van der Waals surface area contributed by atoms with Crippen molar-refractivity contribution < 1.29 is 4.79 Å². The largest absolute Gasteiger partial charge is 0.335 e. The summed E-state index contributed by atoms with van der Waals surface area (Å²) in [5.41, 5.74) is 2.26. The highest BCUT2D eigenvalue weighted by Crippen LogP contribution is 2.20. The lowest BCUT2D eigenvalue weighted by molar-refractivity contribution is 0.233. The quantitative estimate of drug-likeness (QED) is 0.847. The van der Waals surface area contributed by atoms with Crippen molar-refractivity contribution in [2.24, 2.45) is 0 Å². The standard InChI is InChI=1S/C15H21N3OS2/c1-4-13(14-16-11(3)8-21-14)18-15(19)17-10(2)7-12-5-6-20-9-12/h5-6,8-10,13H,4,7H2,1-3H3,(H2,17,18,19)/t10-,13+/m1/s1. The van der Waals surface area contributed by atoms with Gasteiger partial charge < -0.3 is 10.6 Å². The molecule has 2 aromatic heterocycles. The molecule has 2 heterocycles. The fourth-order valence-electron chi connectivity index (χ4n) is 2.11. The molecule has 0 aromatic carbocycles. The molecule has 0 saturated heterocycles. The van der Waals surface area contributed by atoms with Gasteiger partial charge in [-0.2, -0.15) is 11.3 Å². The lowest BCUT2D eigenvalue weighted by Crippen LogP contribution is -2.43. The SMILES string of the molecule is CC[C@H](NC(=O)N[C@H](C)Cc1ccsc1)c1nc(C)cs1. The van der Waals surface area contributed by atoms with Gasteiger partial charge in [-0.15, -0.1) is 11.3 Å². The summed E-state index contributed by atoms with van der Waals surface area (Å²) in [6.45, 7) is 6.04. The summed E-state index contributed by atoms with van der Waals surface area (Å²) >= 11 is 3.27. The van der Waals surface area contributed by atoms with Crippen LogP contribution in [0.15, 0.2) is 22.2 Å². The monoisotopic (exact) mass is 323 g/mol. The number of rotatable bonds is 6. The van der Waals surface area contributed by atoms with Crippen molar-refractivity contribution in [2.45, 2.75) is 45.7 Å². The molecule has 4 nitrogen and oxygen atoms in total. The maximum absolute atomic E-state index is 12.1. The molecule has 0 aliphatic heterocycles. The van der Waals surface area contributed by atoms with Crippen molar-refractivity contribution >= 4 is 28.7 Å². The Kier molecular flexibility index (Phi) is 5.76. The molecule has 114 valence electrons. The van der Waals surface area contributed by atoms with Crippen molar-refractivity contribution in [2.75, 3.05) is 0 Å². The van der Waals surface area contributed by atoms with E-state index in [0.717, 1.165) is 23.5 Å². The summed E-state index contributed by atoms with van der Waals surface area (Å²) in [5, 5.41) is 13.1. The number of nitrogens with one attached hydrogen (secondary N) is 2. The Morgan fingerprint density at radius 2 is 2.19 bits per heavy atom. The Hall–Kier alpha value is -1.40. The van der Waals surface area contributed by atoms with Crippen LogP contribution in [0.25, 0.3) is 0 Å². The van der Waals surface area contributed by atoms with E-state index in [2.05, 4.69) is 39.4 Å². The number of carbonyl (C=O) groups is 1. The van der Waals surface area contributed by atoms with Gasteiger partial charge in [0.1, 0.15) is 5.01 Å². The van der Waals surface area contributed by atoms with Gasteiger partial charge in [-0.1, -0.05) is 6.92 Å². The molecule has 6 heteroatoms. The number of hydrogen-bond acceptors (Lipinski definition) is 4. The van der Waals surface area contributed by atoms with E-state index in [4.69, 9.17) is 0 Å². The van der Waals surface area contributed by atoms with E-state index in [-0.39, 0.29) is 18.1 Å². The third kappa shape index (κ3) is 4.82. The van der Waals surface area contributed by atoms with Crippen molar-refractivity contribution in [1.29, 1.82) is 0 Å². The molecule has 2 amide bonds. The zero-order valence-corrected chi connectivity index (χ0v) is 14.2. The summed E-state index contributed by atoms with van der Waals surface area (Å²) < 4.78 is 0. The van der Waals surface area contributed by atoms with Crippen molar-refractivity contribution in [3.8, 4) is 0 Å². The van der Waals surface area contributed by atoms with Gasteiger partial charge in [0, 0.05) is 17.1 Å². The number of amides is 2. The van der Waals surface area contributed by atoms with Gasteiger partial charge in [0.25, 0.3) is 0 Å². The van der Waals surface area contributed by atoms with E-state index in [1.165, 1.54) is 5.56 Å². The summed E-state index contributed by atoms with van der Waals surface area (Å²) in [4.78, 5) is 16.5. The minimum Gasteiger partial charge on any atom is -0.335 e. The van der Waals surface area contributed by atoms with Gasteiger partial charge >= 0.3 is 6.03 Å². The van der Waals surface area contributed by atoms with Crippen LogP contribution in [0.4, 0.5) is 4.79 Å². The van der Waals surface area contributed by atoms with Crippen LogP contribution in [-0.2, 0) is 6.42 Å². The van der Waals surface area contributed by atoms with Crippen LogP contribution in [0.1, 0.15) is 42.6 Å². The molecular formula is C15H21N3OS2. The van der Waals surface area contributed by atoms with E-state index >= 15 is 0 Å². The predicted molar refractivity (Wildman–Crippen MR) is 89.0 cm³/mol. The molecule has 2 atom stereocenters. The maximum atomic E-state index is 12.1. The van der Waals surface area contributed by atoms with E-state index in [9.17, 15) is 4.79 Å². The number of hydrogen-bond donors (Lipinski definition) is 2. The van der Waals surface area contributed by atoms with E-state index in [1.807, 2.05) is 19.2 Å². The second kappa shape index (κ2) is 7.56. The molecule has 0 unspecified atom stereocenters. The smallest absolute Gasteiger partial charge is 0.315 e. The predicted octanol–water partition coefficient (Wildman–Crippen LogP) is 3.89. The fraction of sp³-hybridized carbons (Fsp3) is 0.467. The lowest BCUT2D eigenvalue weighted by atomic mass is 10.1. The molecule has 2 aromatic rings. The molecule has 0 saturated carbocycles. The van der Waals surface area contributed by atoms with Crippen LogP contribution in [0.2, 0.25) is 0 Å². The third-order valence-corrected chi connectivity index (χ3v) is 4.96. The van der Waals surface area contributed by atoms with E-state index < -0.39 is 0 Å². The van der Waals surface area contributed by atoms with Crippen LogP contribution in [0.5, 0.6) is 0 Å². The lowest BCUT2D eigenvalue weighted by Gasteiger charge is -2.18. The van der Waals surface area contributed by atoms with Crippen LogP contribution in [0, 0.1) is 6.92 Å². The van der Waals surface area contributed by atoms with Crippen molar-refractivity contribution in [1.82, 2.24) is 15.6 Å². The molecule has 0 bridgehead atoms. The van der Waals surface area contributed by atoms with Gasteiger partial charge in [-0.05, 0) is 49.1 Å². The molecule has 2 N–H and O–H groups in total. The average Bonchev–Trinajstić information content (AvgIpc) is 3.07. The average molecular weight is 323 g/mol. The van der Waals surface area contributed by atoms with Gasteiger partial charge in [0.05, 0.1) is 6.04 Å². The van der Waals surface area contributed by atoms with Crippen LogP contribution >= 0.6 is 22.7 Å². The first-order valence-corrected chi connectivity index (χ1v) is 8.90. The summed E-state index contributed by atoms with van der Waals surface area (Å²) in [6.07, 6.45) is 1.68. The summed E-state index contributed by atoms with van der Waals surface area (Å²) in [5.74, 6) is 0. The second-order valence-corrected chi connectivity index (χ2v) is 6.81. The van der Waals surface area contributed by atoms with Crippen LogP contribution in [-0.4, -0.2) is 17.1 Å². The first-order valence-electron chi connectivity index (χ1n) is 7.08. The zero-order chi connectivity index (χ0) is 15.2. The van der Waals surface area contributed by atoms with Crippen molar-refractivity contribution in [3.05, 3.63) is 38.5 Å². The highest BCUT2D eigenvalue weighted by molar-refractivity contribution is 7.09.